The summed E-state index contributed by atoms with van der Waals surface area (Å²) in [5.74, 6) is 2.48. The third-order valence-corrected chi connectivity index (χ3v) is 9.38. The summed E-state index contributed by atoms with van der Waals surface area (Å²) in [6.07, 6.45) is 15.9. The Labute approximate surface area is 177 Å². The maximum Gasteiger partial charge on any atom is 0.306 e. The molecule has 3 heteroatoms. The van der Waals surface area contributed by atoms with Crippen molar-refractivity contribution < 1.29 is 14.3 Å². The molecule has 3 saturated carbocycles. The van der Waals surface area contributed by atoms with Crippen molar-refractivity contribution in [2.24, 2.45) is 28.6 Å². The number of rotatable bonds is 6. The van der Waals surface area contributed by atoms with Crippen LogP contribution in [0.25, 0.3) is 0 Å². The summed E-state index contributed by atoms with van der Waals surface area (Å²) in [5.41, 5.74) is 1.82. The monoisotopic (exact) mass is 400 g/mol. The fraction of sp³-hybridized carbons (Fsp3) is 0.846. The molecule has 0 aromatic rings. The zero-order chi connectivity index (χ0) is 20.6. The number of carbonyl (C=O) groups is 2. The van der Waals surface area contributed by atoms with Crippen molar-refractivity contribution in [3.05, 3.63) is 11.6 Å². The molecule has 6 atom stereocenters. The summed E-state index contributed by atoms with van der Waals surface area (Å²) in [5, 5.41) is 0. The van der Waals surface area contributed by atoms with E-state index in [1.165, 1.54) is 44.1 Å². The predicted molar refractivity (Wildman–Crippen MR) is 115 cm³/mol. The smallest absolute Gasteiger partial charge is 0.306 e. The maximum absolute atomic E-state index is 12.5. The number of hydrogen-bond acceptors (Lipinski definition) is 3. The first kappa shape index (κ1) is 21.1. The highest BCUT2D eigenvalue weighted by atomic mass is 16.5. The van der Waals surface area contributed by atoms with E-state index < -0.39 is 0 Å². The van der Waals surface area contributed by atoms with Crippen molar-refractivity contribution in [3.63, 3.8) is 0 Å². The van der Waals surface area contributed by atoms with E-state index in [9.17, 15) is 9.59 Å². The molecule has 0 N–H and O–H groups in total. The third kappa shape index (κ3) is 3.72. The first-order chi connectivity index (χ1) is 13.9. The lowest BCUT2D eigenvalue weighted by molar-refractivity contribution is -0.160. The van der Waals surface area contributed by atoms with E-state index in [-0.39, 0.29) is 22.9 Å². The van der Waals surface area contributed by atoms with Crippen molar-refractivity contribution in [3.8, 4) is 0 Å². The Bertz CT molecular complexity index is 679. The van der Waals surface area contributed by atoms with E-state index in [1.54, 1.807) is 0 Å². The van der Waals surface area contributed by atoms with Gasteiger partial charge in [-0.15, -0.1) is 0 Å². The fourth-order valence-electron chi connectivity index (χ4n) is 7.62. The molecule has 2 unspecified atom stereocenters. The molecule has 0 aromatic carbocycles. The van der Waals surface area contributed by atoms with Crippen LogP contribution in [0.1, 0.15) is 104 Å². The van der Waals surface area contributed by atoms with Crippen LogP contribution >= 0.6 is 0 Å². The molecule has 0 spiro atoms. The average molecular weight is 401 g/mol. The molecular weight excluding hydrogens is 360 g/mol. The summed E-state index contributed by atoms with van der Waals surface area (Å²) in [6, 6.07) is 0. The molecule has 0 radical (unpaired) electrons. The second-order valence-corrected chi connectivity index (χ2v) is 10.9. The molecule has 0 aromatic heterocycles. The Morgan fingerprint density at radius 1 is 1.03 bits per heavy atom. The van der Waals surface area contributed by atoms with E-state index in [4.69, 9.17) is 4.74 Å². The molecule has 3 fully saturated rings. The van der Waals surface area contributed by atoms with Crippen molar-refractivity contribution in [2.75, 3.05) is 0 Å². The number of esters is 1. The number of ether oxygens (including phenoxy) is 1. The van der Waals surface area contributed by atoms with Gasteiger partial charge < -0.3 is 4.74 Å². The quantitative estimate of drug-likeness (QED) is 0.383. The van der Waals surface area contributed by atoms with Gasteiger partial charge in [0.15, 0.2) is 5.78 Å². The van der Waals surface area contributed by atoms with Gasteiger partial charge in [0.1, 0.15) is 6.10 Å². The van der Waals surface area contributed by atoms with Gasteiger partial charge in [0, 0.05) is 18.3 Å². The molecule has 4 aliphatic rings. The lowest BCUT2D eigenvalue weighted by Crippen LogP contribution is -2.51. The van der Waals surface area contributed by atoms with E-state index in [0.29, 0.717) is 24.0 Å². The second kappa shape index (κ2) is 8.19. The van der Waals surface area contributed by atoms with Crippen LogP contribution < -0.4 is 0 Å². The van der Waals surface area contributed by atoms with Crippen LogP contribution in [0, 0.1) is 28.6 Å². The Hall–Kier alpha value is -1.12. The van der Waals surface area contributed by atoms with E-state index in [1.807, 2.05) is 6.08 Å². The summed E-state index contributed by atoms with van der Waals surface area (Å²) in [7, 11) is 0. The molecule has 29 heavy (non-hydrogen) atoms. The largest absolute Gasteiger partial charge is 0.462 e. The molecular formula is C26H40O3. The minimum atomic E-state index is 0.0294. The van der Waals surface area contributed by atoms with Gasteiger partial charge in [0.2, 0.25) is 0 Å². The molecule has 162 valence electrons. The van der Waals surface area contributed by atoms with Gasteiger partial charge in [-0.1, -0.05) is 45.6 Å². The molecule has 4 rings (SSSR count). The van der Waals surface area contributed by atoms with Crippen LogP contribution in [-0.2, 0) is 14.3 Å². The number of carbonyl (C=O) groups excluding carboxylic acids is 2. The zero-order valence-electron chi connectivity index (χ0n) is 18.8. The molecule has 0 heterocycles. The minimum absolute atomic E-state index is 0.0294. The summed E-state index contributed by atoms with van der Waals surface area (Å²) in [6.45, 7) is 7.05. The SMILES string of the molecule is CCCCCCC(=O)O[C@H]1CCC2[C@@H]3CCC4=CC(=O)CC[C@]4(C)C3CC[C@@]21C. The topological polar surface area (TPSA) is 43.4 Å². The zero-order valence-corrected chi connectivity index (χ0v) is 18.8. The van der Waals surface area contributed by atoms with Crippen LogP contribution in [0.4, 0.5) is 0 Å². The molecule has 4 aliphatic carbocycles. The van der Waals surface area contributed by atoms with Gasteiger partial charge in [-0.25, -0.2) is 0 Å². The van der Waals surface area contributed by atoms with Gasteiger partial charge >= 0.3 is 5.97 Å². The first-order valence-corrected chi connectivity index (χ1v) is 12.3. The van der Waals surface area contributed by atoms with Crippen LogP contribution in [0.3, 0.4) is 0 Å². The van der Waals surface area contributed by atoms with Crippen LogP contribution in [0.5, 0.6) is 0 Å². The second-order valence-electron chi connectivity index (χ2n) is 10.9. The van der Waals surface area contributed by atoms with Gasteiger partial charge in [-0.3, -0.25) is 9.59 Å². The standard InChI is InChI=1S/C26H40O3/c1-4-5-6-7-8-24(28)29-23-12-11-21-20-10-9-18-17-19(27)13-15-25(18,2)22(20)14-16-26(21,23)3/h17,20-23H,4-16H2,1-3H3/t20-,21?,22?,23-,25-,26-/m0/s1. The summed E-state index contributed by atoms with van der Waals surface area (Å²) in [4.78, 5) is 24.5. The van der Waals surface area contributed by atoms with Gasteiger partial charge in [0.05, 0.1) is 0 Å². The molecule has 0 amide bonds. The highest BCUT2D eigenvalue weighted by Crippen LogP contribution is 2.65. The Kier molecular flexibility index (Phi) is 5.97. The first-order valence-electron chi connectivity index (χ1n) is 12.3. The lowest BCUT2D eigenvalue weighted by atomic mass is 9.47. The Balaban J connectivity index is 1.43. The van der Waals surface area contributed by atoms with Crippen LogP contribution in [-0.4, -0.2) is 17.9 Å². The number of unbranched alkanes of at least 4 members (excludes halogenated alkanes) is 3. The van der Waals surface area contributed by atoms with Crippen LogP contribution in [0.2, 0.25) is 0 Å². The number of fused-ring (bicyclic) bond motifs is 5. The number of hydrogen-bond donors (Lipinski definition) is 0. The van der Waals surface area contributed by atoms with Gasteiger partial charge in [-0.2, -0.15) is 0 Å². The van der Waals surface area contributed by atoms with E-state index in [2.05, 4.69) is 20.8 Å². The van der Waals surface area contributed by atoms with Crippen LogP contribution in [0.15, 0.2) is 11.6 Å². The summed E-state index contributed by atoms with van der Waals surface area (Å²) < 4.78 is 6.09. The van der Waals surface area contributed by atoms with Crippen molar-refractivity contribution in [2.45, 2.75) is 110 Å². The summed E-state index contributed by atoms with van der Waals surface area (Å²) >= 11 is 0. The molecule has 3 nitrogen and oxygen atoms in total. The van der Waals surface area contributed by atoms with E-state index >= 15 is 0 Å². The third-order valence-electron chi connectivity index (χ3n) is 9.38. The highest BCUT2D eigenvalue weighted by Gasteiger charge is 2.59. The fourth-order valence-corrected chi connectivity index (χ4v) is 7.62. The number of allylic oxidation sites excluding steroid dienone is 1. The Morgan fingerprint density at radius 3 is 2.66 bits per heavy atom. The van der Waals surface area contributed by atoms with E-state index in [0.717, 1.165) is 44.4 Å². The maximum atomic E-state index is 12.5. The van der Waals surface area contributed by atoms with Gasteiger partial charge in [-0.05, 0) is 80.6 Å². The average Bonchev–Trinajstić information content (AvgIpc) is 3.02. The van der Waals surface area contributed by atoms with Gasteiger partial charge in [0.25, 0.3) is 0 Å². The predicted octanol–water partition coefficient (Wildman–Crippen LogP) is 6.40. The highest BCUT2D eigenvalue weighted by molar-refractivity contribution is 5.91. The molecule has 0 bridgehead atoms. The normalized spacial score (nSPS) is 41.2. The van der Waals surface area contributed by atoms with Crippen molar-refractivity contribution in [1.82, 2.24) is 0 Å². The number of ketones is 1. The molecule has 0 aliphatic heterocycles. The Morgan fingerprint density at radius 2 is 1.86 bits per heavy atom. The van der Waals surface area contributed by atoms with Crippen molar-refractivity contribution >= 4 is 11.8 Å². The lowest BCUT2D eigenvalue weighted by Gasteiger charge is -2.57. The van der Waals surface area contributed by atoms with Crippen molar-refractivity contribution in [1.29, 1.82) is 0 Å². The minimum Gasteiger partial charge on any atom is -0.462 e. The molecule has 0 saturated heterocycles.